The lowest BCUT2D eigenvalue weighted by molar-refractivity contribution is -0.138. The summed E-state index contributed by atoms with van der Waals surface area (Å²) in [7, 11) is 0. The van der Waals surface area contributed by atoms with Gasteiger partial charge in [-0.05, 0) is 54.5 Å². The third-order valence-corrected chi connectivity index (χ3v) is 6.63. The zero-order valence-electron chi connectivity index (χ0n) is 17.8. The van der Waals surface area contributed by atoms with E-state index in [1.165, 1.54) is 5.56 Å². The van der Waals surface area contributed by atoms with Crippen LogP contribution in [0.4, 0.5) is 16.8 Å². The number of hydrogen-bond donors (Lipinski definition) is 2. The molecule has 2 N–H and O–H groups in total. The second kappa shape index (κ2) is 9.43. The van der Waals surface area contributed by atoms with Crippen molar-refractivity contribution in [3.63, 3.8) is 0 Å². The number of piperidine rings is 1. The lowest BCUT2D eigenvalue weighted by Gasteiger charge is -2.30. The number of hydrogen-bond acceptors (Lipinski definition) is 7. The Kier molecular flexibility index (Phi) is 6.46. The summed E-state index contributed by atoms with van der Waals surface area (Å²) in [4.78, 5) is 27.9. The first-order valence-electron chi connectivity index (χ1n) is 10.6. The van der Waals surface area contributed by atoms with Gasteiger partial charge in [-0.2, -0.15) is 0 Å². The molecule has 4 rings (SSSR count). The average Bonchev–Trinajstić information content (AvgIpc) is 3.25. The molecule has 8 heteroatoms. The van der Waals surface area contributed by atoms with Crippen LogP contribution in [-0.4, -0.2) is 39.1 Å². The molecule has 0 spiro atoms. The summed E-state index contributed by atoms with van der Waals surface area (Å²) in [6.45, 7) is 6.01. The van der Waals surface area contributed by atoms with Gasteiger partial charge in [0.15, 0.2) is 5.13 Å². The van der Waals surface area contributed by atoms with E-state index in [0.717, 1.165) is 53.3 Å². The van der Waals surface area contributed by atoms with Gasteiger partial charge in [0.25, 0.3) is 0 Å². The molecule has 0 amide bonds. The number of nitrogens with one attached hydrogen (secondary N) is 1. The number of aromatic nitrogens is 3. The molecule has 1 aliphatic rings. The lowest BCUT2D eigenvalue weighted by Crippen LogP contribution is -2.34. The average molecular weight is 438 g/mol. The standard InChI is InChI=1S/C23H27N5O2S/c1-15(2)17-6-9-24-21(13-17)27-20-5-3-4-18(26-20)19-14-25-23(31-19)28-10-7-16(8-11-28)12-22(29)30/h3-6,9,13-16H,7-8,10-12H2,1-2H3,(H,29,30)(H,24,26,27). The van der Waals surface area contributed by atoms with Crippen LogP contribution in [0.2, 0.25) is 0 Å². The molecule has 1 saturated heterocycles. The van der Waals surface area contributed by atoms with E-state index in [9.17, 15) is 4.79 Å². The van der Waals surface area contributed by atoms with Gasteiger partial charge in [0.05, 0.1) is 10.6 Å². The van der Waals surface area contributed by atoms with Crippen molar-refractivity contribution in [1.29, 1.82) is 0 Å². The SMILES string of the molecule is CC(C)c1ccnc(Nc2cccc(-c3cnc(N4CCC(CC(=O)O)CC4)s3)n2)c1. The van der Waals surface area contributed by atoms with Gasteiger partial charge in [0.2, 0.25) is 0 Å². The van der Waals surface area contributed by atoms with E-state index in [0.29, 0.717) is 5.92 Å². The predicted octanol–water partition coefficient (Wildman–Crippen LogP) is 5.16. The Morgan fingerprint density at radius 2 is 2.03 bits per heavy atom. The van der Waals surface area contributed by atoms with Crippen molar-refractivity contribution in [3.05, 3.63) is 48.3 Å². The number of aliphatic carboxylic acids is 1. The molecule has 0 aliphatic carbocycles. The van der Waals surface area contributed by atoms with Crippen molar-refractivity contribution in [3.8, 4) is 10.6 Å². The van der Waals surface area contributed by atoms with Gasteiger partial charge in [-0.1, -0.05) is 31.3 Å². The predicted molar refractivity (Wildman–Crippen MR) is 124 cm³/mol. The van der Waals surface area contributed by atoms with E-state index >= 15 is 0 Å². The Hall–Kier alpha value is -3.00. The highest BCUT2D eigenvalue weighted by Crippen LogP contribution is 2.33. The lowest BCUT2D eigenvalue weighted by atomic mass is 9.94. The summed E-state index contributed by atoms with van der Waals surface area (Å²) < 4.78 is 0. The van der Waals surface area contributed by atoms with Gasteiger partial charge in [0.1, 0.15) is 11.6 Å². The van der Waals surface area contributed by atoms with Crippen molar-refractivity contribution in [2.75, 3.05) is 23.3 Å². The third kappa shape index (κ3) is 5.38. The Balaban J connectivity index is 1.44. The first kappa shape index (κ1) is 21.2. The molecular formula is C23H27N5O2S. The molecule has 3 aromatic heterocycles. The van der Waals surface area contributed by atoms with Gasteiger partial charge in [-0.15, -0.1) is 0 Å². The van der Waals surface area contributed by atoms with Crippen molar-refractivity contribution in [1.82, 2.24) is 15.0 Å². The quantitative estimate of drug-likeness (QED) is 0.527. The Morgan fingerprint density at radius 3 is 2.77 bits per heavy atom. The summed E-state index contributed by atoms with van der Waals surface area (Å²) in [6, 6.07) is 9.98. The van der Waals surface area contributed by atoms with Gasteiger partial charge in [-0.3, -0.25) is 4.79 Å². The molecular weight excluding hydrogens is 410 g/mol. The fourth-order valence-electron chi connectivity index (χ4n) is 3.75. The second-order valence-electron chi connectivity index (χ2n) is 8.20. The summed E-state index contributed by atoms with van der Waals surface area (Å²) in [6.07, 6.45) is 5.72. The van der Waals surface area contributed by atoms with Gasteiger partial charge in [0, 0.05) is 31.9 Å². The molecule has 0 bridgehead atoms. The maximum atomic E-state index is 10.9. The van der Waals surface area contributed by atoms with Gasteiger partial charge < -0.3 is 15.3 Å². The molecule has 31 heavy (non-hydrogen) atoms. The largest absolute Gasteiger partial charge is 0.481 e. The van der Waals surface area contributed by atoms with Crippen LogP contribution in [0.1, 0.15) is 44.6 Å². The van der Waals surface area contributed by atoms with Crippen molar-refractivity contribution < 1.29 is 9.90 Å². The van der Waals surface area contributed by atoms with E-state index in [1.54, 1.807) is 11.3 Å². The Labute approximate surface area is 186 Å². The van der Waals surface area contributed by atoms with E-state index in [2.05, 4.69) is 40.1 Å². The number of nitrogens with zero attached hydrogens (tertiary/aromatic N) is 4. The van der Waals surface area contributed by atoms with Crippen LogP contribution in [0.15, 0.2) is 42.7 Å². The number of carbonyl (C=O) groups is 1. The van der Waals surface area contributed by atoms with Gasteiger partial charge in [-0.25, -0.2) is 15.0 Å². The molecule has 3 aromatic rings. The van der Waals surface area contributed by atoms with Crippen LogP contribution in [0, 0.1) is 5.92 Å². The van der Waals surface area contributed by atoms with Crippen LogP contribution < -0.4 is 10.2 Å². The molecule has 0 aromatic carbocycles. The molecule has 1 fully saturated rings. The van der Waals surface area contributed by atoms with Gasteiger partial charge >= 0.3 is 5.97 Å². The van der Waals surface area contributed by atoms with Crippen molar-refractivity contribution in [2.45, 2.75) is 39.0 Å². The Morgan fingerprint density at radius 1 is 1.23 bits per heavy atom. The molecule has 0 atom stereocenters. The first-order chi connectivity index (χ1) is 15.0. The van der Waals surface area contributed by atoms with Crippen LogP contribution in [0.3, 0.4) is 0 Å². The molecule has 0 radical (unpaired) electrons. The highest BCUT2D eigenvalue weighted by atomic mass is 32.1. The number of rotatable bonds is 7. The number of anilines is 3. The molecule has 0 unspecified atom stereocenters. The molecule has 7 nitrogen and oxygen atoms in total. The van der Waals surface area contributed by atoms with E-state index in [-0.39, 0.29) is 12.3 Å². The topological polar surface area (TPSA) is 91.2 Å². The fraction of sp³-hybridized carbons (Fsp3) is 0.391. The number of carboxylic acids is 1. The number of carboxylic acid groups (broad SMARTS) is 1. The van der Waals surface area contributed by atoms with E-state index in [4.69, 9.17) is 10.1 Å². The zero-order valence-corrected chi connectivity index (χ0v) is 18.6. The summed E-state index contributed by atoms with van der Waals surface area (Å²) >= 11 is 1.62. The fourth-order valence-corrected chi connectivity index (χ4v) is 4.69. The maximum Gasteiger partial charge on any atom is 0.303 e. The second-order valence-corrected chi connectivity index (χ2v) is 9.21. The maximum absolute atomic E-state index is 10.9. The molecule has 4 heterocycles. The third-order valence-electron chi connectivity index (χ3n) is 5.55. The summed E-state index contributed by atoms with van der Waals surface area (Å²) in [5, 5.41) is 13.3. The van der Waals surface area contributed by atoms with E-state index in [1.807, 2.05) is 36.7 Å². The first-order valence-corrected chi connectivity index (χ1v) is 11.4. The number of pyridine rings is 2. The minimum atomic E-state index is -0.708. The molecule has 0 saturated carbocycles. The van der Waals surface area contributed by atoms with Crippen LogP contribution in [0.5, 0.6) is 0 Å². The van der Waals surface area contributed by atoms with Crippen LogP contribution in [0.25, 0.3) is 10.6 Å². The zero-order chi connectivity index (χ0) is 21.8. The van der Waals surface area contributed by atoms with Crippen LogP contribution >= 0.6 is 11.3 Å². The van der Waals surface area contributed by atoms with Crippen LogP contribution in [-0.2, 0) is 4.79 Å². The van der Waals surface area contributed by atoms with E-state index < -0.39 is 5.97 Å². The van der Waals surface area contributed by atoms with Crippen molar-refractivity contribution >= 4 is 34.1 Å². The minimum absolute atomic E-state index is 0.260. The highest BCUT2D eigenvalue weighted by Gasteiger charge is 2.23. The smallest absolute Gasteiger partial charge is 0.303 e. The van der Waals surface area contributed by atoms with Crippen molar-refractivity contribution in [2.24, 2.45) is 5.92 Å². The minimum Gasteiger partial charge on any atom is -0.481 e. The summed E-state index contributed by atoms with van der Waals surface area (Å²) in [5.41, 5.74) is 2.10. The molecule has 162 valence electrons. The summed E-state index contributed by atoms with van der Waals surface area (Å²) in [5.74, 6) is 1.52. The normalized spacial score (nSPS) is 14.7. The molecule has 1 aliphatic heterocycles. The highest BCUT2D eigenvalue weighted by molar-refractivity contribution is 7.18. The number of thiazole rings is 1. The monoisotopic (exact) mass is 437 g/mol. The Bertz CT molecular complexity index is 1040.